The topological polar surface area (TPSA) is 115 Å². The molecule has 0 aliphatic heterocycles. The Bertz CT molecular complexity index is 2230. The van der Waals surface area contributed by atoms with E-state index in [4.69, 9.17) is 18.4 Å². The minimum Gasteiger partial charge on any atom is -0.508 e. The second kappa shape index (κ2) is 15.0. The summed E-state index contributed by atoms with van der Waals surface area (Å²) in [6.07, 6.45) is 0.342. The molecular weight excluding hydrogens is 742 g/mol. The van der Waals surface area contributed by atoms with Crippen molar-refractivity contribution in [3.63, 3.8) is 0 Å². The molecule has 3 aliphatic rings. The van der Waals surface area contributed by atoms with Crippen LogP contribution in [0.3, 0.4) is 0 Å². The van der Waals surface area contributed by atoms with E-state index in [1.54, 1.807) is 6.92 Å². The number of halogens is 1. The van der Waals surface area contributed by atoms with Gasteiger partial charge in [-0.1, -0.05) is 81.4 Å². The molecule has 0 saturated heterocycles. The monoisotopic (exact) mass is 795 g/mol. The lowest BCUT2D eigenvalue weighted by Crippen LogP contribution is -2.65. The number of rotatable bonds is 11. The average Bonchev–Trinajstić information content (AvgIpc) is 3.57. The lowest BCUT2D eigenvalue weighted by atomic mass is 9.58. The molecule has 10 nitrogen and oxygen atoms in total. The van der Waals surface area contributed by atoms with Crippen molar-refractivity contribution in [2.75, 3.05) is 28.2 Å². The van der Waals surface area contributed by atoms with Gasteiger partial charge in [-0.05, 0) is 93.9 Å². The molecule has 0 spiro atoms. The third-order valence-corrected chi connectivity index (χ3v) is 16.9. The van der Waals surface area contributed by atoms with Gasteiger partial charge in [-0.2, -0.15) is 0 Å². The molecule has 0 bridgehead atoms. The lowest BCUT2D eigenvalue weighted by Gasteiger charge is -2.55. The molecule has 3 aliphatic carbocycles. The second-order valence-electron chi connectivity index (χ2n) is 17.8. The molecule has 302 valence electrons. The van der Waals surface area contributed by atoms with Gasteiger partial charge in [-0.3, -0.25) is 14.5 Å². The predicted molar refractivity (Wildman–Crippen MR) is 218 cm³/mol. The molecule has 0 amide bonds. The fourth-order valence-electron chi connectivity index (χ4n) is 8.62. The van der Waals surface area contributed by atoms with E-state index in [1.807, 2.05) is 112 Å². The number of fused-ring (bicyclic) bond motifs is 4. The zero-order valence-electron chi connectivity index (χ0n) is 34.7. The van der Waals surface area contributed by atoms with Crippen molar-refractivity contribution in [3.8, 4) is 11.6 Å². The Balaban J connectivity index is 1.44. The number of ether oxygens (including phenoxy) is 2. The number of benzene rings is 3. The number of carbonyl (C=O) groups excluding carboxylic acids is 2. The minimum atomic E-state index is -2.93. The number of allylic oxidation sites excluding steroid dienone is 1. The average molecular weight is 796 g/mol. The number of carbonyl (C=O) groups is 2. The van der Waals surface area contributed by atoms with Crippen molar-refractivity contribution >= 4 is 19.9 Å². The summed E-state index contributed by atoms with van der Waals surface area (Å²) >= 11 is 0. The molecule has 0 saturated carbocycles. The highest BCUT2D eigenvalue weighted by Crippen LogP contribution is 2.60. The van der Waals surface area contributed by atoms with E-state index < -0.39 is 60.0 Å². The Kier molecular flexibility index (Phi) is 10.6. The highest BCUT2D eigenvalue weighted by Gasteiger charge is 2.67. The van der Waals surface area contributed by atoms with Crippen LogP contribution in [0.25, 0.3) is 0 Å². The molecule has 1 N–H and O–H groups in total. The maximum Gasteiger partial charge on any atom is 0.265 e. The van der Waals surface area contributed by atoms with E-state index in [1.165, 1.54) is 0 Å². The molecule has 1 heterocycles. The maximum absolute atomic E-state index is 16.9. The van der Waals surface area contributed by atoms with Crippen LogP contribution in [0.2, 0.25) is 18.1 Å². The first-order chi connectivity index (χ1) is 26.9. The summed E-state index contributed by atoms with van der Waals surface area (Å²) in [5.74, 6) is -2.82. The molecule has 57 heavy (non-hydrogen) atoms. The number of Topliss-reactive ketones (excluding diaryl/α,β-unsaturated/α-hetero) is 2. The Labute approximate surface area is 335 Å². The van der Waals surface area contributed by atoms with Crippen LogP contribution in [0, 0.1) is 24.6 Å². The molecule has 4 atom stereocenters. The Morgan fingerprint density at radius 2 is 1.54 bits per heavy atom. The number of aliphatic hydroxyl groups is 1. The van der Waals surface area contributed by atoms with Gasteiger partial charge in [0.2, 0.25) is 5.78 Å². The summed E-state index contributed by atoms with van der Waals surface area (Å²) in [5.41, 5.74) is 1.18. The van der Waals surface area contributed by atoms with E-state index in [2.05, 4.69) is 25.9 Å². The SMILES string of the molecule is Cc1c(CN(C)C)c(F)c2c(c1OCc1ccccc1)C(=O)C1=C(O)[C@]3(O[Si](C)(C)C(C)(C)C)C(=O)c4c(OCc5ccccc5)noc4[C@@H](N(C)C)[C@@H]3C[C@@H]1C2. The van der Waals surface area contributed by atoms with Crippen LogP contribution in [-0.4, -0.2) is 73.7 Å². The number of aromatic nitrogens is 1. The minimum absolute atomic E-state index is 0.00897. The van der Waals surface area contributed by atoms with Gasteiger partial charge in [-0.15, -0.1) is 0 Å². The summed E-state index contributed by atoms with van der Waals surface area (Å²) in [6, 6.07) is 18.5. The third-order valence-electron chi connectivity index (χ3n) is 12.4. The number of hydrogen-bond acceptors (Lipinski definition) is 10. The van der Waals surface area contributed by atoms with Crippen LogP contribution in [0.1, 0.15) is 87.5 Å². The van der Waals surface area contributed by atoms with Crippen LogP contribution in [0.5, 0.6) is 11.6 Å². The molecule has 0 unspecified atom stereocenters. The van der Waals surface area contributed by atoms with E-state index >= 15 is 14.0 Å². The first kappa shape index (κ1) is 40.6. The zero-order chi connectivity index (χ0) is 41.2. The number of ketones is 2. The fourth-order valence-corrected chi connectivity index (χ4v) is 10.1. The first-order valence-corrected chi connectivity index (χ1v) is 22.5. The lowest BCUT2D eigenvalue weighted by molar-refractivity contribution is -0.0481. The Morgan fingerprint density at radius 1 is 0.947 bits per heavy atom. The van der Waals surface area contributed by atoms with Crippen molar-refractivity contribution in [1.82, 2.24) is 15.0 Å². The smallest absolute Gasteiger partial charge is 0.265 e. The number of aliphatic hydroxyl groups excluding tert-OH is 1. The third kappa shape index (κ3) is 6.83. The van der Waals surface area contributed by atoms with E-state index in [0.29, 0.717) is 23.4 Å². The van der Waals surface area contributed by atoms with Crippen molar-refractivity contribution in [1.29, 1.82) is 0 Å². The van der Waals surface area contributed by atoms with Gasteiger partial charge >= 0.3 is 0 Å². The molecular formula is C45H54FN3O7Si. The van der Waals surface area contributed by atoms with Crippen molar-refractivity contribution in [2.24, 2.45) is 11.8 Å². The Hall–Kier alpha value is -4.62. The van der Waals surface area contributed by atoms with Gasteiger partial charge in [0.25, 0.3) is 5.88 Å². The van der Waals surface area contributed by atoms with Crippen molar-refractivity contribution < 1.29 is 37.5 Å². The van der Waals surface area contributed by atoms with Crippen LogP contribution in [-0.2, 0) is 30.6 Å². The van der Waals surface area contributed by atoms with Crippen molar-refractivity contribution in [2.45, 2.75) is 90.1 Å². The predicted octanol–water partition coefficient (Wildman–Crippen LogP) is 8.79. The van der Waals surface area contributed by atoms with Gasteiger partial charge in [0.1, 0.15) is 36.1 Å². The highest BCUT2D eigenvalue weighted by atomic mass is 28.4. The van der Waals surface area contributed by atoms with Crippen LogP contribution < -0.4 is 9.47 Å². The maximum atomic E-state index is 16.9. The van der Waals surface area contributed by atoms with Gasteiger partial charge in [0.15, 0.2) is 25.5 Å². The summed E-state index contributed by atoms with van der Waals surface area (Å²) in [7, 11) is 4.56. The number of nitrogens with zero attached hydrogens (tertiary/aromatic N) is 3. The summed E-state index contributed by atoms with van der Waals surface area (Å²) in [6.45, 7) is 12.6. The van der Waals surface area contributed by atoms with Crippen LogP contribution in [0.4, 0.5) is 4.39 Å². The Morgan fingerprint density at radius 3 is 2.11 bits per heavy atom. The molecule has 0 radical (unpaired) electrons. The van der Waals surface area contributed by atoms with Gasteiger partial charge < -0.3 is 28.4 Å². The normalized spacial score (nSPS) is 22.0. The molecule has 0 fully saturated rings. The fraction of sp³-hybridized carbons (Fsp3) is 0.444. The van der Waals surface area contributed by atoms with E-state index in [9.17, 15) is 5.11 Å². The van der Waals surface area contributed by atoms with Gasteiger partial charge in [0, 0.05) is 29.2 Å². The van der Waals surface area contributed by atoms with Crippen molar-refractivity contribution in [3.05, 3.63) is 123 Å². The molecule has 7 rings (SSSR count). The first-order valence-electron chi connectivity index (χ1n) is 19.6. The quantitative estimate of drug-likeness (QED) is 0.148. The summed E-state index contributed by atoms with van der Waals surface area (Å²) in [5, 5.41) is 16.9. The summed E-state index contributed by atoms with van der Waals surface area (Å²) in [4.78, 5) is 34.6. The zero-order valence-corrected chi connectivity index (χ0v) is 35.7. The molecule has 3 aromatic carbocycles. The largest absolute Gasteiger partial charge is 0.508 e. The highest BCUT2D eigenvalue weighted by molar-refractivity contribution is 6.74. The summed E-state index contributed by atoms with van der Waals surface area (Å²) < 4.78 is 42.9. The molecule has 1 aromatic heterocycles. The van der Waals surface area contributed by atoms with Gasteiger partial charge in [-0.25, -0.2) is 4.39 Å². The molecule has 4 aromatic rings. The van der Waals surface area contributed by atoms with E-state index in [0.717, 1.165) is 11.1 Å². The van der Waals surface area contributed by atoms with Crippen LogP contribution >= 0.6 is 0 Å². The van der Waals surface area contributed by atoms with Gasteiger partial charge in [0.05, 0.1) is 11.6 Å². The van der Waals surface area contributed by atoms with Crippen LogP contribution in [0.15, 0.2) is 76.5 Å². The van der Waals surface area contributed by atoms with E-state index in [-0.39, 0.29) is 59.9 Å². The molecule has 12 heteroatoms. The second-order valence-corrected chi connectivity index (χ2v) is 22.5. The standard InChI is InChI=1S/C45H54FN3O7Si/c1-26-31(23-48(5)6)36(46)30-21-29-22-32-37(49(7)8)40-35(43(47-55-40)54-25-28-19-15-12-16-20-28)42(52)45(32,56-57(9,10)44(2,3)4)41(51)33(29)38(50)34(30)39(26)53-24-27-17-13-11-14-18-27/h11-20,29,32,37,51H,21-25H2,1-10H3/t29-,32-,37-,45-/m0/s1. The number of hydrogen-bond donors (Lipinski definition) is 1.